The summed E-state index contributed by atoms with van der Waals surface area (Å²) in [6.07, 6.45) is 0. The van der Waals surface area contributed by atoms with E-state index in [1.54, 1.807) is 48.5 Å². The molecule has 1 unspecified atom stereocenters. The first-order valence-corrected chi connectivity index (χ1v) is 8.18. The molecule has 0 fully saturated rings. The predicted octanol–water partition coefficient (Wildman–Crippen LogP) is 3.09. The Morgan fingerprint density at radius 3 is 1.86 bits per heavy atom. The second-order valence-electron chi connectivity index (χ2n) is 4.41. The van der Waals surface area contributed by atoms with Crippen LogP contribution in [-0.4, -0.2) is 26.9 Å². The maximum absolute atomic E-state index is 13.1. The van der Waals surface area contributed by atoms with Gasteiger partial charge in [0.25, 0.3) is 5.52 Å². The molecule has 0 N–H and O–H groups in total. The number of hydrogen-bond donors (Lipinski definition) is 0. The van der Waals surface area contributed by atoms with Crippen LogP contribution in [0.15, 0.2) is 48.5 Å². The van der Waals surface area contributed by atoms with Crippen molar-refractivity contribution in [2.75, 3.05) is 21.3 Å². The largest absolute Gasteiger partial charge is 0.496 e. The van der Waals surface area contributed by atoms with Gasteiger partial charge in [-0.15, -0.1) is 0 Å². The molecule has 0 amide bonds. The molecule has 0 aliphatic heterocycles. The number of carbonyl (C=O) groups excluding carboxylic acids is 1. The Morgan fingerprint density at radius 2 is 1.41 bits per heavy atom. The SMILES string of the molecule is COc1cccc(OC)c1C(=O)P(=O)(OC)c1ccccc1. The summed E-state index contributed by atoms with van der Waals surface area (Å²) in [7, 11) is 0.385. The molecule has 1 atom stereocenters. The Labute approximate surface area is 129 Å². The molecule has 0 saturated carbocycles. The zero-order chi connectivity index (χ0) is 16.2. The highest BCUT2D eigenvalue weighted by molar-refractivity contribution is 7.83. The Hall–Kier alpha value is -2.10. The maximum atomic E-state index is 13.1. The van der Waals surface area contributed by atoms with Crippen molar-refractivity contribution < 1.29 is 23.4 Å². The molecule has 2 aromatic rings. The normalized spacial score (nSPS) is 13.2. The van der Waals surface area contributed by atoms with Crippen molar-refractivity contribution in [3.05, 3.63) is 54.1 Å². The van der Waals surface area contributed by atoms with E-state index in [0.29, 0.717) is 5.30 Å². The zero-order valence-electron chi connectivity index (χ0n) is 12.6. The average molecular weight is 320 g/mol. The number of ether oxygens (including phenoxy) is 2. The van der Waals surface area contributed by atoms with Crippen LogP contribution in [0.25, 0.3) is 0 Å². The van der Waals surface area contributed by atoms with E-state index in [0.717, 1.165) is 0 Å². The summed E-state index contributed by atoms with van der Waals surface area (Å²) in [4.78, 5) is 12.9. The summed E-state index contributed by atoms with van der Waals surface area (Å²) in [5.74, 6) is 0.579. The van der Waals surface area contributed by atoms with Gasteiger partial charge in [0.1, 0.15) is 17.1 Å². The lowest BCUT2D eigenvalue weighted by atomic mass is 10.2. The van der Waals surface area contributed by atoms with Gasteiger partial charge in [0.15, 0.2) is 0 Å². The lowest BCUT2D eigenvalue weighted by Gasteiger charge is -2.18. The van der Waals surface area contributed by atoms with Crippen LogP contribution in [0.2, 0.25) is 0 Å². The van der Waals surface area contributed by atoms with Crippen LogP contribution < -0.4 is 14.8 Å². The van der Waals surface area contributed by atoms with Crippen molar-refractivity contribution in [3.8, 4) is 11.5 Å². The molecule has 0 aliphatic carbocycles. The van der Waals surface area contributed by atoms with Gasteiger partial charge in [-0.1, -0.05) is 24.3 Å². The van der Waals surface area contributed by atoms with Crippen molar-refractivity contribution in [3.63, 3.8) is 0 Å². The summed E-state index contributed by atoms with van der Waals surface area (Å²) in [5, 5.41) is 0.329. The minimum atomic E-state index is -3.74. The summed E-state index contributed by atoms with van der Waals surface area (Å²) >= 11 is 0. The Bertz CT molecular complexity index is 689. The average Bonchev–Trinajstić information content (AvgIpc) is 2.60. The topological polar surface area (TPSA) is 61.8 Å². The van der Waals surface area contributed by atoms with Crippen molar-refractivity contribution in [1.82, 2.24) is 0 Å². The molecule has 0 bridgehead atoms. The van der Waals surface area contributed by atoms with Gasteiger partial charge in [0.05, 0.1) is 14.2 Å². The molecular formula is C16H17O5P. The molecule has 2 rings (SSSR count). The third kappa shape index (κ3) is 2.78. The minimum absolute atomic E-state index is 0.113. The third-order valence-electron chi connectivity index (χ3n) is 3.26. The van der Waals surface area contributed by atoms with Crippen LogP contribution in [0.4, 0.5) is 0 Å². The quantitative estimate of drug-likeness (QED) is 0.765. The molecule has 5 nitrogen and oxygen atoms in total. The van der Waals surface area contributed by atoms with Gasteiger partial charge < -0.3 is 14.0 Å². The summed E-state index contributed by atoms with van der Waals surface area (Å²) < 4.78 is 28.7. The third-order valence-corrected chi connectivity index (χ3v) is 5.51. The number of benzene rings is 2. The monoisotopic (exact) mass is 320 g/mol. The van der Waals surface area contributed by atoms with Crippen molar-refractivity contribution in [2.45, 2.75) is 0 Å². The van der Waals surface area contributed by atoms with E-state index >= 15 is 0 Å². The Kier molecular flexibility index (Phi) is 5.01. The summed E-state index contributed by atoms with van der Waals surface area (Å²) in [6, 6.07) is 13.3. The van der Waals surface area contributed by atoms with Crippen molar-refractivity contribution in [1.29, 1.82) is 0 Å². The number of methoxy groups -OCH3 is 2. The van der Waals surface area contributed by atoms with Gasteiger partial charge in [-0.25, -0.2) is 0 Å². The van der Waals surface area contributed by atoms with Crippen LogP contribution in [0.3, 0.4) is 0 Å². The van der Waals surface area contributed by atoms with Crippen LogP contribution >= 0.6 is 7.37 Å². The van der Waals surface area contributed by atoms with Gasteiger partial charge >= 0.3 is 7.37 Å². The van der Waals surface area contributed by atoms with Crippen LogP contribution in [0.1, 0.15) is 10.4 Å². The fourth-order valence-corrected chi connectivity index (χ4v) is 3.83. The molecule has 0 heterocycles. The molecule has 0 aliphatic rings. The van der Waals surface area contributed by atoms with E-state index in [1.807, 2.05) is 0 Å². The Balaban J connectivity index is 2.62. The van der Waals surface area contributed by atoms with E-state index in [1.165, 1.54) is 21.3 Å². The maximum Gasteiger partial charge on any atom is 0.300 e. The fourth-order valence-electron chi connectivity index (χ4n) is 2.14. The first-order chi connectivity index (χ1) is 10.6. The highest BCUT2D eigenvalue weighted by Crippen LogP contribution is 2.51. The molecule has 116 valence electrons. The van der Waals surface area contributed by atoms with E-state index < -0.39 is 12.9 Å². The van der Waals surface area contributed by atoms with Crippen molar-refractivity contribution in [2.24, 2.45) is 0 Å². The fraction of sp³-hybridized carbons (Fsp3) is 0.188. The lowest BCUT2D eigenvalue weighted by molar-refractivity contribution is 0.105. The first-order valence-electron chi connectivity index (χ1n) is 6.55. The molecular weight excluding hydrogens is 303 g/mol. The van der Waals surface area contributed by atoms with Crippen molar-refractivity contribution >= 4 is 18.2 Å². The van der Waals surface area contributed by atoms with Gasteiger partial charge in [-0.05, 0) is 24.3 Å². The van der Waals surface area contributed by atoms with E-state index in [9.17, 15) is 9.36 Å². The molecule has 6 heteroatoms. The molecule has 0 saturated heterocycles. The summed E-state index contributed by atoms with van der Waals surface area (Å²) in [6.45, 7) is 0. The minimum Gasteiger partial charge on any atom is -0.496 e. The van der Waals surface area contributed by atoms with Crippen LogP contribution in [-0.2, 0) is 9.09 Å². The lowest BCUT2D eigenvalue weighted by Crippen LogP contribution is -2.16. The molecule has 2 aromatic carbocycles. The summed E-state index contributed by atoms with van der Waals surface area (Å²) in [5.41, 5.74) is -0.544. The Morgan fingerprint density at radius 1 is 0.864 bits per heavy atom. The highest BCUT2D eigenvalue weighted by atomic mass is 31.2. The van der Waals surface area contributed by atoms with E-state index in [2.05, 4.69) is 0 Å². The van der Waals surface area contributed by atoms with Crippen LogP contribution in [0, 0.1) is 0 Å². The number of hydrogen-bond acceptors (Lipinski definition) is 5. The standard InChI is InChI=1S/C16H17O5P/c1-19-13-10-7-11-14(20-2)15(13)16(17)22(18,21-3)12-8-5-4-6-9-12/h4-11H,1-3H3. The number of carbonyl (C=O) groups is 1. The number of rotatable bonds is 6. The molecule has 22 heavy (non-hydrogen) atoms. The van der Waals surface area contributed by atoms with Gasteiger partial charge in [0, 0.05) is 12.4 Å². The second-order valence-corrected chi connectivity index (χ2v) is 6.80. The molecule has 0 radical (unpaired) electrons. The van der Waals surface area contributed by atoms with E-state index in [4.69, 9.17) is 14.0 Å². The van der Waals surface area contributed by atoms with Gasteiger partial charge in [0.2, 0.25) is 0 Å². The van der Waals surface area contributed by atoms with E-state index in [-0.39, 0.29) is 17.1 Å². The van der Waals surface area contributed by atoms with Gasteiger partial charge in [-0.3, -0.25) is 9.36 Å². The van der Waals surface area contributed by atoms with Crippen LogP contribution in [0.5, 0.6) is 11.5 Å². The predicted molar refractivity (Wildman–Crippen MR) is 84.6 cm³/mol. The zero-order valence-corrected chi connectivity index (χ0v) is 13.5. The molecule has 0 spiro atoms. The van der Waals surface area contributed by atoms with Gasteiger partial charge in [-0.2, -0.15) is 0 Å². The first kappa shape index (κ1) is 16.3. The second kappa shape index (κ2) is 6.77. The highest BCUT2D eigenvalue weighted by Gasteiger charge is 2.38. The smallest absolute Gasteiger partial charge is 0.300 e. The molecule has 0 aromatic heterocycles.